The Balaban J connectivity index is 1.69. The van der Waals surface area contributed by atoms with Gasteiger partial charge < -0.3 is 5.32 Å². The summed E-state index contributed by atoms with van der Waals surface area (Å²) >= 11 is 0. The van der Waals surface area contributed by atoms with E-state index in [-0.39, 0.29) is 5.54 Å². The van der Waals surface area contributed by atoms with E-state index in [1.165, 1.54) is 5.56 Å². The van der Waals surface area contributed by atoms with Gasteiger partial charge in [0.1, 0.15) is 0 Å². The molecule has 1 aliphatic carbocycles. The molecule has 1 spiro atoms. The Hall–Kier alpha value is -1.19. The molecule has 2 fully saturated rings. The zero-order valence-electron chi connectivity index (χ0n) is 10.7. The molecule has 0 radical (unpaired) electrons. The molecule has 0 amide bonds. The summed E-state index contributed by atoms with van der Waals surface area (Å²) in [7, 11) is 0. The van der Waals surface area contributed by atoms with Gasteiger partial charge in [-0.1, -0.05) is 30.3 Å². The van der Waals surface area contributed by atoms with E-state index in [4.69, 9.17) is 0 Å². The van der Waals surface area contributed by atoms with Crippen LogP contribution in [0.2, 0.25) is 0 Å². The number of hydrogen-bond donors (Lipinski definition) is 1. The molecule has 1 unspecified atom stereocenters. The van der Waals surface area contributed by atoms with E-state index in [1.807, 2.05) is 6.07 Å². The van der Waals surface area contributed by atoms with Crippen molar-refractivity contribution in [1.29, 1.82) is 0 Å². The quantitative estimate of drug-likeness (QED) is 0.857. The summed E-state index contributed by atoms with van der Waals surface area (Å²) in [6.07, 6.45) is 2.81. The predicted molar refractivity (Wildman–Crippen MR) is 71.3 cm³/mol. The third-order valence-corrected chi connectivity index (χ3v) is 4.18. The summed E-state index contributed by atoms with van der Waals surface area (Å²) in [5.74, 6) is 0.417. The van der Waals surface area contributed by atoms with E-state index in [9.17, 15) is 4.79 Å². The van der Waals surface area contributed by atoms with Crippen molar-refractivity contribution in [3.8, 4) is 0 Å². The van der Waals surface area contributed by atoms with Crippen molar-refractivity contribution in [3.63, 3.8) is 0 Å². The number of Topliss-reactive ketones (excluding diaryl/α,β-unsaturated/α-hetero) is 1. The largest absolute Gasteiger partial charge is 0.303 e. The van der Waals surface area contributed by atoms with Crippen LogP contribution in [0.3, 0.4) is 0 Å². The van der Waals surface area contributed by atoms with Gasteiger partial charge in [-0.25, -0.2) is 0 Å². The smallest absolute Gasteiger partial charge is 0.154 e. The molecule has 0 aromatic heterocycles. The minimum Gasteiger partial charge on any atom is -0.303 e. The fourth-order valence-electron chi connectivity index (χ4n) is 3.23. The van der Waals surface area contributed by atoms with Crippen molar-refractivity contribution < 1.29 is 4.79 Å². The normalized spacial score (nSPS) is 29.0. The lowest BCUT2D eigenvalue weighted by molar-refractivity contribution is -0.124. The second-order valence-corrected chi connectivity index (χ2v) is 5.48. The lowest BCUT2D eigenvalue weighted by atomic mass is 9.93. The molecule has 2 aliphatic rings. The maximum Gasteiger partial charge on any atom is 0.154 e. The van der Waals surface area contributed by atoms with Crippen LogP contribution in [-0.2, 0) is 11.3 Å². The van der Waals surface area contributed by atoms with Gasteiger partial charge in [-0.05, 0) is 18.4 Å². The van der Waals surface area contributed by atoms with Gasteiger partial charge in [-0.2, -0.15) is 0 Å². The van der Waals surface area contributed by atoms with Crippen molar-refractivity contribution in [3.05, 3.63) is 35.9 Å². The van der Waals surface area contributed by atoms with Crippen LogP contribution in [0.4, 0.5) is 0 Å². The minimum atomic E-state index is -0.229. The average Bonchev–Trinajstić information content (AvgIpc) is 2.72. The Morgan fingerprint density at radius 1 is 1.28 bits per heavy atom. The molecule has 1 aromatic carbocycles. The molecule has 1 saturated heterocycles. The highest BCUT2D eigenvalue weighted by molar-refractivity contribution is 5.90. The van der Waals surface area contributed by atoms with Crippen LogP contribution >= 0.6 is 0 Å². The van der Waals surface area contributed by atoms with Gasteiger partial charge in [-0.3, -0.25) is 9.69 Å². The van der Waals surface area contributed by atoms with Crippen molar-refractivity contribution in [2.75, 3.05) is 19.6 Å². The molecule has 1 saturated carbocycles. The van der Waals surface area contributed by atoms with Crippen molar-refractivity contribution >= 4 is 5.78 Å². The molecule has 1 atom stereocenters. The first-order valence-electron chi connectivity index (χ1n) is 6.83. The molecule has 1 aromatic rings. The van der Waals surface area contributed by atoms with Crippen LogP contribution in [0.5, 0.6) is 0 Å². The zero-order chi connectivity index (χ0) is 12.4. The lowest BCUT2D eigenvalue weighted by Gasteiger charge is -2.40. The van der Waals surface area contributed by atoms with E-state index in [2.05, 4.69) is 34.5 Å². The molecule has 3 rings (SSSR count). The molecule has 0 bridgehead atoms. The number of nitrogens with one attached hydrogen (secondary N) is 1. The Morgan fingerprint density at radius 3 is 2.83 bits per heavy atom. The Morgan fingerprint density at radius 2 is 2.11 bits per heavy atom. The highest BCUT2D eigenvalue weighted by Gasteiger charge is 2.44. The van der Waals surface area contributed by atoms with Crippen molar-refractivity contribution in [2.45, 2.75) is 31.3 Å². The minimum absolute atomic E-state index is 0.229. The van der Waals surface area contributed by atoms with Crippen LogP contribution in [-0.4, -0.2) is 35.9 Å². The summed E-state index contributed by atoms with van der Waals surface area (Å²) in [6, 6.07) is 10.5. The number of rotatable bonds is 2. The number of carbonyl (C=O) groups is 1. The molecular formula is C15H20N2O. The summed E-state index contributed by atoms with van der Waals surface area (Å²) in [5, 5.41) is 3.47. The highest BCUT2D eigenvalue weighted by Crippen LogP contribution is 2.29. The first-order valence-corrected chi connectivity index (χ1v) is 6.83. The van der Waals surface area contributed by atoms with Crippen LogP contribution in [0.1, 0.15) is 24.8 Å². The van der Waals surface area contributed by atoms with Gasteiger partial charge in [0.05, 0.1) is 5.54 Å². The van der Waals surface area contributed by atoms with Crippen LogP contribution in [0.25, 0.3) is 0 Å². The van der Waals surface area contributed by atoms with E-state index in [0.29, 0.717) is 5.78 Å². The number of piperazine rings is 1. The SMILES string of the molecule is O=C1CCCC12CN(Cc1ccccc1)CCN2. The van der Waals surface area contributed by atoms with E-state index < -0.39 is 0 Å². The van der Waals surface area contributed by atoms with Crippen molar-refractivity contribution in [2.24, 2.45) is 0 Å². The molecule has 1 N–H and O–H groups in total. The zero-order valence-corrected chi connectivity index (χ0v) is 10.7. The number of hydrogen-bond acceptors (Lipinski definition) is 3. The second kappa shape index (κ2) is 4.82. The van der Waals surface area contributed by atoms with E-state index in [1.54, 1.807) is 0 Å². The number of benzene rings is 1. The summed E-state index contributed by atoms with van der Waals surface area (Å²) in [4.78, 5) is 14.5. The van der Waals surface area contributed by atoms with Gasteiger partial charge in [0.15, 0.2) is 5.78 Å². The van der Waals surface area contributed by atoms with Crippen LogP contribution in [0, 0.1) is 0 Å². The summed E-state index contributed by atoms with van der Waals surface area (Å²) in [5.41, 5.74) is 1.10. The number of nitrogens with zero attached hydrogens (tertiary/aromatic N) is 1. The molecular weight excluding hydrogens is 224 g/mol. The lowest BCUT2D eigenvalue weighted by Crippen LogP contribution is -2.62. The molecule has 96 valence electrons. The molecule has 1 aliphatic heterocycles. The monoisotopic (exact) mass is 244 g/mol. The fraction of sp³-hybridized carbons (Fsp3) is 0.533. The van der Waals surface area contributed by atoms with Gasteiger partial charge >= 0.3 is 0 Å². The highest BCUT2D eigenvalue weighted by atomic mass is 16.1. The Kier molecular flexibility index (Phi) is 3.18. The third-order valence-electron chi connectivity index (χ3n) is 4.18. The Labute approximate surface area is 108 Å². The van der Waals surface area contributed by atoms with Crippen LogP contribution in [0.15, 0.2) is 30.3 Å². The van der Waals surface area contributed by atoms with E-state index >= 15 is 0 Å². The molecule has 18 heavy (non-hydrogen) atoms. The van der Waals surface area contributed by atoms with Gasteiger partial charge in [-0.15, -0.1) is 0 Å². The third kappa shape index (κ3) is 2.20. The fourth-order valence-corrected chi connectivity index (χ4v) is 3.23. The molecule has 1 heterocycles. The maximum atomic E-state index is 12.1. The predicted octanol–water partition coefficient (Wildman–Crippen LogP) is 1.58. The second-order valence-electron chi connectivity index (χ2n) is 5.48. The Bertz CT molecular complexity index is 431. The van der Waals surface area contributed by atoms with Gasteiger partial charge in [0, 0.05) is 32.6 Å². The maximum absolute atomic E-state index is 12.1. The topological polar surface area (TPSA) is 32.3 Å². The summed E-state index contributed by atoms with van der Waals surface area (Å²) < 4.78 is 0. The molecule has 3 nitrogen and oxygen atoms in total. The molecule has 3 heteroatoms. The number of ketones is 1. The van der Waals surface area contributed by atoms with Crippen molar-refractivity contribution in [1.82, 2.24) is 10.2 Å². The standard InChI is InChI=1S/C15H20N2O/c18-14-7-4-8-15(14)12-17(10-9-16-15)11-13-5-2-1-3-6-13/h1-3,5-6,16H,4,7-12H2. The summed E-state index contributed by atoms with van der Waals surface area (Å²) in [6.45, 7) is 3.79. The van der Waals surface area contributed by atoms with Gasteiger partial charge in [0.2, 0.25) is 0 Å². The van der Waals surface area contributed by atoms with Crippen LogP contribution < -0.4 is 5.32 Å². The first kappa shape index (κ1) is 11.9. The first-order chi connectivity index (χ1) is 8.78. The van der Waals surface area contributed by atoms with Gasteiger partial charge in [0.25, 0.3) is 0 Å². The van der Waals surface area contributed by atoms with E-state index in [0.717, 1.165) is 45.4 Å². The number of carbonyl (C=O) groups excluding carboxylic acids is 1. The average molecular weight is 244 g/mol.